The molecule has 0 radical (unpaired) electrons. The fourth-order valence-electron chi connectivity index (χ4n) is 2.20. The van der Waals surface area contributed by atoms with Crippen molar-refractivity contribution in [1.82, 2.24) is 15.3 Å². The van der Waals surface area contributed by atoms with Crippen LogP contribution in [0.1, 0.15) is 36.0 Å². The fourth-order valence-corrected chi connectivity index (χ4v) is 2.32. The molecule has 1 heterocycles. The van der Waals surface area contributed by atoms with E-state index in [0.29, 0.717) is 23.0 Å². The SMILES string of the molecule is O=C(NCCCCCCO)c1cnc(-c2ccc(Cl)cc2)[nH]c1=O. The number of nitrogens with one attached hydrogen (secondary N) is 2. The van der Waals surface area contributed by atoms with Gasteiger partial charge in [0.05, 0.1) is 0 Å². The summed E-state index contributed by atoms with van der Waals surface area (Å²) in [5.74, 6) is -0.0502. The predicted molar refractivity (Wildman–Crippen MR) is 93.2 cm³/mol. The van der Waals surface area contributed by atoms with Crippen LogP contribution in [-0.4, -0.2) is 34.1 Å². The number of aliphatic hydroxyl groups is 1. The number of rotatable bonds is 8. The summed E-state index contributed by atoms with van der Waals surface area (Å²) in [7, 11) is 0. The van der Waals surface area contributed by atoms with Crippen LogP contribution >= 0.6 is 11.6 Å². The molecule has 2 rings (SSSR count). The summed E-state index contributed by atoms with van der Waals surface area (Å²) in [6.07, 6.45) is 4.70. The van der Waals surface area contributed by atoms with Gasteiger partial charge >= 0.3 is 0 Å². The third-order valence-electron chi connectivity index (χ3n) is 3.53. The maximum absolute atomic E-state index is 12.1. The molecule has 128 valence electrons. The predicted octanol–water partition coefficient (Wildman–Crippen LogP) is 2.37. The quantitative estimate of drug-likeness (QED) is 0.637. The lowest BCUT2D eigenvalue weighted by Gasteiger charge is -2.06. The van der Waals surface area contributed by atoms with Gasteiger partial charge in [-0.15, -0.1) is 0 Å². The van der Waals surface area contributed by atoms with E-state index in [1.807, 2.05) is 0 Å². The van der Waals surface area contributed by atoms with Gasteiger partial charge in [0.1, 0.15) is 11.4 Å². The van der Waals surface area contributed by atoms with Crippen molar-refractivity contribution in [3.8, 4) is 11.4 Å². The smallest absolute Gasteiger partial charge is 0.264 e. The van der Waals surface area contributed by atoms with Crippen LogP contribution in [0.25, 0.3) is 11.4 Å². The molecule has 0 unspecified atom stereocenters. The molecule has 0 saturated carbocycles. The summed E-state index contributed by atoms with van der Waals surface area (Å²) in [6.45, 7) is 0.677. The minimum Gasteiger partial charge on any atom is -0.396 e. The summed E-state index contributed by atoms with van der Waals surface area (Å²) in [5.41, 5.74) is 0.225. The van der Waals surface area contributed by atoms with Crippen molar-refractivity contribution in [3.63, 3.8) is 0 Å². The van der Waals surface area contributed by atoms with Gasteiger partial charge in [-0.3, -0.25) is 9.59 Å². The first-order valence-electron chi connectivity index (χ1n) is 7.86. The van der Waals surface area contributed by atoms with Gasteiger partial charge in [-0.05, 0) is 37.1 Å². The van der Waals surface area contributed by atoms with Crippen LogP contribution in [0.2, 0.25) is 5.02 Å². The Labute approximate surface area is 144 Å². The topological polar surface area (TPSA) is 95.1 Å². The minimum atomic E-state index is -0.479. The first-order valence-corrected chi connectivity index (χ1v) is 8.24. The Hall–Kier alpha value is -2.18. The number of carbonyl (C=O) groups is 1. The van der Waals surface area contributed by atoms with E-state index in [9.17, 15) is 9.59 Å². The summed E-state index contributed by atoms with van der Waals surface area (Å²) < 4.78 is 0. The lowest BCUT2D eigenvalue weighted by Crippen LogP contribution is -2.30. The number of aromatic amines is 1. The summed E-state index contributed by atoms with van der Waals surface area (Å²) in [5, 5.41) is 12.0. The molecule has 0 aliphatic heterocycles. The van der Waals surface area contributed by atoms with Crippen molar-refractivity contribution in [2.24, 2.45) is 0 Å². The number of nitrogens with zero attached hydrogens (tertiary/aromatic N) is 1. The van der Waals surface area contributed by atoms with Crippen molar-refractivity contribution in [2.45, 2.75) is 25.7 Å². The zero-order valence-corrected chi connectivity index (χ0v) is 14.0. The van der Waals surface area contributed by atoms with Crippen molar-refractivity contribution in [3.05, 3.63) is 51.4 Å². The molecule has 0 spiro atoms. The van der Waals surface area contributed by atoms with Crippen LogP contribution in [0.3, 0.4) is 0 Å². The van der Waals surface area contributed by atoms with Crippen molar-refractivity contribution in [2.75, 3.05) is 13.2 Å². The molecule has 7 heteroatoms. The molecule has 24 heavy (non-hydrogen) atoms. The normalized spacial score (nSPS) is 10.6. The van der Waals surface area contributed by atoms with E-state index < -0.39 is 11.5 Å². The molecule has 0 saturated heterocycles. The molecule has 0 bridgehead atoms. The number of H-pyrrole nitrogens is 1. The van der Waals surface area contributed by atoms with E-state index >= 15 is 0 Å². The number of amides is 1. The average Bonchev–Trinajstić information content (AvgIpc) is 2.58. The lowest BCUT2D eigenvalue weighted by atomic mass is 10.2. The number of carbonyl (C=O) groups excluding carboxylic acids is 1. The number of hydrogen-bond acceptors (Lipinski definition) is 4. The molecular weight excluding hydrogens is 330 g/mol. The molecular formula is C17H20ClN3O3. The molecule has 0 fully saturated rings. The second kappa shape index (κ2) is 9.20. The Bertz CT molecular complexity index is 729. The van der Waals surface area contributed by atoms with Gasteiger partial charge in [-0.1, -0.05) is 24.4 Å². The van der Waals surface area contributed by atoms with Gasteiger partial charge in [0, 0.05) is 29.9 Å². The Morgan fingerprint density at radius 3 is 2.54 bits per heavy atom. The molecule has 0 atom stereocenters. The standard InChI is InChI=1S/C17H20ClN3O3/c18-13-7-5-12(6-8-13)15-20-11-14(17(24)21-15)16(23)19-9-3-1-2-4-10-22/h5-8,11,22H,1-4,9-10H2,(H,19,23)(H,20,21,24). The third kappa shape index (κ3) is 5.18. The Kier molecular flexibility index (Phi) is 6.96. The van der Waals surface area contributed by atoms with Gasteiger partial charge < -0.3 is 15.4 Å². The average molecular weight is 350 g/mol. The van der Waals surface area contributed by atoms with E-state index in [0.717, 1.165) is 25.7 Å². The van der Waals surface area contributed by atoms with Crippen LogP contribution in [0, 0.1) is 0 Å². The van der Waals surface area contributed by atoms with Gasteiger partial charge in [0.15, 0.2) is 0 Å². The zero-order chi connectivity index (χ0) is 17.4. The second-order valence-corrected chi connectivity index (χ2v) is 5.81. The van der Waals surface area contributed by atoms with Gasteiger partial charge in [-0.2, -0.15) is 0 Å². The monoisotopic (exact) mass is 349 g/mol. The van der Waals surface area contributed by atoms with Crippen LogP contribution in [-0.2, 0) is 0 Å². The Morgan fingerprint density at radius 2 is 1.88 bits per heavy atom. The molecule has 0 aliphatic rings. The number of hydrogen-bond donors (Lipinski definition) is 3. The first-order chi connectivity index (χ1) is 11.6. The third-order valence-corrected chi connectivity index (χ3v) is 3.78. The largest absolute Gasteiger partial charge is 0.396 e. The highest BCUT2D eigenvalue weighted by atomic mass is 35.5. The Balaban J connectivity index is 1.95. The van der Waals surface area contributed by atoms with Crippen molar-refractivity contribution < 1.29 is 9.90 Å². The number of benzene rings is 1. The maximum atomic E-state index is 12.1. The number of aliphatic hydroxyl groups excluding tert-OH is 1. The molecule has 1 aromatic heterocycles. The molecule has 6 nitrogen and oxygen atoms in total. The fraction of sp³-hybridized carbons (Fsp3) is 0.353. The molecule has 1 aromatic carbocycles. The van der Waals surface area contributed by atoms with E-state index in [2.05, 4.69) is 15.3 Å². The van der Waals surface area contributed by atoms with E-state index in [1.54, 1.807) is 24.3 Å². The number of halogens is 1. The molecule has 1 amide bonds. The Morgan fingerprint density at radius 1 is 1.17 bits per heavy atom. The van der Waals surface area contributed by atoms with Gasteiger partial charge in [0.25, 0.3) is 11.5 Å². The zero-order valence-electron chi connectivity index (χ0n) is 13.2. The van der Waals surface area contributed by atoms with Crippen LogP contribution < -0.4 is 10.9 Å². The molecule has 2 aromatic rings. The minimum absolute atomic E-state index is 0.0110. The first kappa shape index (κ1) is 18.2. The highest BCUT2D eigenvalue weighted by molar-refractivity contribution is 6.30. The van der Waals surface area contributed by atoms with Crippen LogP contribution in [0.4, 0.5) is 0 Å². The summed E-state index contributed by atoms with van der Waals surface area (Å²) >= 11 is 5.83. The highest BCUT2D eigenvalue weighted by Gasteiger charge is 2.12. The van der Waals surface area contributed by atoms with E-state index in [4.69, 9.17) is 16.7 Å². The summed E-state index contributed by atoms with van der Waals surface area (Å²) in [4.78, 5) is 30.9. The van der Waals surface area contributed by atoms with Crippen molar-refractivity contribution >= 4 is 17.5 Å². The molecule has 0 aliphatic carbocycles. The van der Waals surface area contributed by atoms with Crippen molar-refractivity contribution in [1.29, 1.82) is 0 Å². The molecule has 3 N–H and O–H groups in total. The lowest BCUT2D eigenvalue weighted by molar-refractivity contribution is 0.0951. The number of unbranched alkanes of at least 4 members (excludes halogenated alkanes) is 3. The second-order valence-electron chi connectivity index (χ2n) is 5.38. The van der Waals surface area contributed by atoms with Crippen LogP contribution in [0.15, 0.2) is 35.3 Å². The van der Waals surface area contributed by atoms with Gasteiger partial charge in [0.2, 0.25) is 0 Å². The van der Waals surface area contributed by atoms with Gasteiger partial charge in [-0.25, -0.2) is 4.98 Å². The number of aromatic nitrogens is 2. The highest BCUT2D eigenvalue weighted by Crippen LogP contribution is 2.16. The maximum Gasteiger partial charge on any atom is 0.264 e. The van der Waals surface area contributed by atoms with E-state index in [-0.39, 0.29) is 12.2 Å². The summed E-state index contributed by atoms with van der Waals surface area (Å²) in [6, 6.07) is 6.89. The van der Waals surface area contributed by atoms with Crippen LogP contribution in [0.5, 0.6) is 0 Å². The van der Waals surface area contributed by atoms with E-state index in [1.165, 1.54) is 6.20 Å².